The van der Waals surface area contributed by atoms with Gasteiger partial charge in [-0.3, -0.25) is 5.41 Å². The summed E-state index contributed by atoms with van der Waals surface area (Å²) in [5.41, 5.74) is 7.77. The molecule has 1 saturated heterocycles. The van der Waals surface area contributed by atoms with Crippen molar-refractivity contribution < 1.29 is 0 Å². The van der Waals surface area contributed by atoms with Gasteiger partial charge in [-0.25, -0.2) is 0 Å². The highest BCUT2D eigenvalue weighted by Crippen LogP contribution is 2.40. The molecule has 3 nitrogen and oxygen atoms in total. The number of amidine groups is 1. The molecule has 1 aliphatic carbocycles. The summed E-state index contributed by atoms with van der Waals surface area (Å²) in [4.78, 5) is 2.49. The van der Waals surface area contributed by atoms with Crippen LogP contribution >= 0.6 is 15.9 Å². The second-order valence-electron chi connectivity index (χ2n) is 5.64. The maximum Gasteiger partial charge on any atom is 0.126 e. The van der Waals surface area contributed by atoms with Gasteiger partial charge in [0.1, 0.15) is 5.84 Å². The zero-order chi connectivity index (χ0) is 13.4. The van der Waals surface area contributed by atoms with Gasteiger partial charge in [0.25, 0.3) is 0 Å². The normalized spacial score (nSPS) is 26.3. The van der Waals surface area contributed by atoms with Crippen molar-refractivity contribution in [3.8, 4) is 0 Å². The molecule has 4 heteroatoms. The van der Waals surface area contributed by atoms with E-state index in [0.717, 1.165) is 28.2 Å². The predicted molar refractivity (Wildman–Crippen MR) is 82.9 cm³/mol. The first-order chi connectivity index (χ1) is 9.18. The van der Waals surface area contributed by atoms with Crippen LogP contribution in [0.3, 0.4) is 0 Å². The lowest BCUT2D eigenvalue weighted by atomic mass is 9.85. The molecule has 0 radical (unpaired) electrons. The van der Waals surface area contributed by atoms with Gasteiger partial charge in [0.15, 0.2) is 0 Å². The Balaban J connectivity index is 1.98. The van der Waals surface area contributed by atoms with Gasteiger partial charge in [0, 0.05) is 22.7 Å². The first-order valence-electron chi connectivity index (χ1n) is 7.08. The van der Waals surface area contributed by atoms with E-state index in [0.29, 0.717) is 6.04 Å². The third-order valence-corrected chi connectivity index (χ3v) is 5.24. The minimum atomic E-state index is 0.154. The highest BCUT2D eigenvalue weighted by atomic mass is 79.9. The second kappa shape index (κ2) is 5.16. The molecule has 1 heterocycles. The Labute approximate surface area is 122 Å². The Bertz CT molecular complexity index is 500. The minimum absolute atomic E-state index is 0.154. The maximum absolute atomic E-state index is 7.83. The Kier molecular flexibility index (Phi) is 3.52. The molecule has 0 aromatic heterocycles. The van der Waals surface area contributed by atoms with Crippen LogP contribution in [0, 0.1) is 11.3 Å². The third-order valence-electron chi connectivity index (χ3n) is 4.58. The van der Waals surface area contributed by atoms with E-state index in [4.69, 9.17) is 11.1 Å². The highest BCUT2D eigenvalue weighted by molar-refractivity contribution is 9.10. The molecule has 2 fully saturated rings. The highest BCUT2D eigenvalue weighted by Gasteiger charge is 2.36. The van der Waals surface area contributed by atoms with Gasteiger partial charge in [0.05, 0.1) is 5.56 Å². The minimum Gasteiger partial charge on any atom is -0.384 e. The Morgan fingerprint density at radius 3 is 2.84 bits per heavy atom. The van der Waals surface area contributed by atoms with Crippen molar-refractivity contribution in [2.75, 3.05) is 11.4 Å². The van der Waals surface area contributed by atoms with E-state index in [1.165, 1.54) is 32.1 Å². The van der Waals surface area contributed by atoms with Crippen LogP contribution in [0.4, 0.5) is 5.69 Å². The SMILES string of the molecule is N=C(N)c1c(Br)cccc1N1CCC2CCCCC21. The molecule has 3 rings (SSSR count). The molecule has 19 heavy (non-hydrogen) atoms. The molecular formula is C15H20BrN3. The monoisotopic (exact) mass is 321 g/mol. The van der Waals surface area contributed by atoms with Crippen molar-refractivity contribution in [1.29, 1.82) is 5.41 Å². The fourth-order valence-corrected chi connectivity index (χ4v) is 4.29. The van der Waals surface area contributed by atoms with Gasteiger partial charge in [0.2, 0.25) is 0 Å². The molecule has 2 atom stereocenters. The van der Waals surface area contributed by atoms with Gasteiger partial charge >= 0.3 is 0 Å². The topological polar surface area (TPSA) is 53.1 Å². The molecule has 1 saturated carbocycles. The van der Waals surface area contributed by atoms with Crippen LogP contribution in [0.2, 0.25) is 0 Å². The first-order valence-corrected chi connectivity index (χ1v) is 7.87. The Morgan fingerprint density at radius 1 is 1.26 bits per heavy atom. The van der Waals surface area contributed by atoms with Gasteiger partial charge in [-0.2, -0.15) is 0 Å². The van der Waals surface area contributed by atoms with Crippen molar-refractivity contribution in [1.82, 2.24) is 0 Å². The van der Waals surface area contributed by atoms with E-state index in [1.807, 2.05) is 12.1 Å². The van der Waals surface area contributed by atoms with E-state index < -0.39 is 0 Å². The number of fused-ring (bicyclic) bond motifs is 1. The molecule has 1 aliphatic heterocycles. The maximum atomic E-state index is 7.83. The second-order valence-corrected chi connectivity index (χ2v) is 6.50. The fourth-order valence-electron chi connectivity index (χ4n) is 3.72. The lowest BCUT2D eigenvalue weighted by Crippen LogP contribution is -2.36. The number of benzene rings is 1. The summed E-state index contributed by atoms with van der Waals surface area (Å²) in [6, 6.07) is 6.77. The van der Waals surface area contributed by atoms with E-state index >= 15 is 0 Å². The molecule has 2 unspecified atom stereocenters. The molecule has 1 aromatic carbocycles. The molecule has 0 bridgehead atoms. The summed E-state index contributed by atoms with van der Waals surface area (Å²) in [6.07, 6.45) is 6.65. The van der Waals surface area contributed by atoms with Crippen molar-refractivity contribution >= 4 is 27.5 Å². The average molecular weight is 322 g/mol. The first kappa shape index (κ1) is 13.0. The van der Waals surface area contributed by atoms with Crippen LogP contribution in [0.15, 0.2) is 22.7 Å². The summed E-state index contributed by atoms with van der Waals surface area (Å²) < 4.78 is 0.928. The lowest BCUT2D eigenvalue weighted by molar-refractivity contribution is 0.342. The fraction of sp³-hybridized carbons (Fsp3) is 0.533. The van der Waals surface area contributed by atoms with E-state index in [-0.39, 0.29) is 5.84 Å². The average Bonchev–Trinajstić information content (AvgIpc) is 2.81. The van der Waals surface area contributed by atoms with Crippen LogP contribution in [0.1, 0.15) is 37.7 Å². The van der Waals surface area contributed by atoms with Crippen LogP contribution in [-0.4, -0.2) is 18.4 Å². The zero-order valence-electron chi connectivity index (χ0n) is 11.0. The lowest BCUT2D eigenvalue weighted by Gasteiger charge is -2.34. The quantitative estimate of drug-likeness (QED) is 0.647. The standard InChI is InChI=1S/C15H20BrN3/c16-11-5-3-7-13(14(11)15(17)18)19-9-8-10-4-1-2-6-12(10)19/h3,5,7,10,12H,1-2,4,6,8-9H2,(H3,17,18). The Hall–Kier alpha value is -1.03. The van der Waals surface area contributed by atoms with Crippen LogP contribution in [-0.2, 0) is 0 Å². The molecular weight excluding hydrogens is 302 g/mol. The van der Waals surface area contributed by atoms with E-state index in [1.54, 1.807) is 0 Å². The number of hydrogen-bond acceptors (Lipinski definition) is 2. The van der Waals surface area contributed by atoms with Gasteiger partial charge in [-0.05, 0) is 53.2 Å². The van der Waals surface area contributed by atoms with E-state index in [9.17, 15) is 0 Å². The van der Waals surface area contributed by atoms with Crippen LogP contribution < -0.4 is 10.6 Å². The van der Waals surface area contributed by atoms with Gasteiger partial charge in [-0.1, -0.05) is 18.9 Å². The number of anilines is 1. The molecule has 3 N–H and O–H groups in total. The third kappa shape index (κ3) is 2.27. The smallest absolute Gasteiger partial charge is 0.126 e. The molecule has 102 valence electrons. The molecule has 2 aliphatic rings. The molecule has 0 amide bonds. The van der Waals surface area contributed by atoms with E-state index in [2.05, 4.69) is 26.9 Å². The van der Waals surface area contributed by atoms with Gasteiger partial charge in [-0.15, -0.1) is 0 Å². The van der Waals surface area contributed by atoms with Crippen molar-refractivity contribution in [2.45, 2.75) is 38.1 Å². The number of hydrogen-bond donors (Lipinski definition) is 2. The summed E-state index contributed by atoms with van der Waals surface area (Å²) in [5, 5.41) is 7.83. The number of nitrogens with zero attached hydrogens (tertiary/aromatic N) is 1. The predicted octanol–water partition coefficient (Wildman–Crippen LogP) is 3.50. The zero-order valence-corrected chi connectivity index (χ0v) is 12.6. The number of halogens is 1. The largest absolute Gasteiger partial charge is 0.384 e. The number of nitrogens with two attached hydrogens (primary N) is 1. The van der Waals surface area contributed by atoms with Crippen LogP contribution in [0.25, 0.3) is 0 Å². The summed E-state index contributed by atoms with van der Waals surface area (Å²) in [5.74, 6) is 0.995. The van der Waals surface area contributed by atoms with Crippen molar-refractivity contribution in [2.24, 2.45) is 11.7 Å². The van der Waals surface area contributed by atoms with Crippen LogP contribution in [0.5, 0.6) is 0 Å². The molecule has 1 aromatic rings. The number of nitrogen functional groups attached to an aromatic ring is 1. The Morgan fingerprint density at radius 2 is 2.05 bits per heavy atom. The van der Waals surface area contributed by atoms with Gasteiger partial charge < -0.3 is 10.6 Å². The molecule has 0 spiro atoms. The van der Waals surface area contributed by atoms with Crippen molar-refractivity contribution in [3.63, 3.8) is 0 Å². The summed E-state index contributed by atoms with van der Waals surface area (Å²) >= 11 is 3.54. The summed E-state index contributed by atoms with van der Waals surface area (Å²) in [7, 11) is 0. The van der Waals surface area contributed by atoms with Crippen molar-refractivity contribution in [3.05, 3.63) is 28.2 Å². The summed E-state index contributed by atoms with van der Waals surface area (Å²) in [6.45, 7) is 1.10. The number of rotatable bonds is 2. The number of nitrogens with one attached hydrogen (secondary N) is 1.